The minimum atomic E-state index is -4.41. The maximum Gasteiger partial charge on any atom is 0.416 e. The molecule has 1 aromatic carbocycles. The van der Waals surface area contributed by atoms with Crippen molar-refractivity contribution in [2.45, 2.75) is 37.9 Å². The Hall–Kier alpha value is -0.740. The van der Waals surface area contributed by atoms with Gasteiger partial charge in [-0.25, -0.2) is 0 Å². The molecular formula is C13H15ClF3N. The number of hydrogen-bond donors (Lipinski definition) is 1. The van der Waals surface area contributed by atoms with Crippen molar-refractivity contribution < 1.29 is 13.2 Å². The fraction of sp³-hybridized carbons (Fsp3) is 0.538. The van der Waals surface area contributed by atoms with Crippen LogP contribution >= 0.6 is 11.6 Å². The van der Waals surface area contributed by atoms with Gasteiger partial charge in [0.05, 0.1) is 5.56 Å². The van der Waals surface area contributed by atoms with Crippen molar-refractivity contribution in [3.05, 3.63) is 34.3 Å². The van der Waals surface area contributed by atoms with E-state index >= 15 is 0 Å². The normalized spacial score (nSPS) is 19.2. The van der Waals surface area contributed by atoms with Gasteiger partial charge in [0.2, 0.25) is 0 Å². The SMILES string of the molecule is N[C@@H](c1ccc(Cl)cc1C(F)(F)F)C1CCCC1. The zero-order valence-corrected chi connectivity index (χ0v) is 10.6. The summed E-state index contributed by atoms with van der Waals surface area (Å²) in [4.78, 5) is 0. The predicted octanol–water partition coefficient (Wildman–Crippen LogP) is 4.55. The first-order chi connectivity index (χ1) is 8.39. The number of rotatable bonds is 2. The van der Waals surface area contributed by atoms with Crippen LogP contribution in [0.2, 0.25) is 5.02 Å². The van der Waals surface area contributed by atoms with Crippen LogP contribution < -0.4 is 5.73 Å². The highest BCUT2D eigenvalue weighted by molar-refractivity contribution is 6.30. The van der Waals surface area contributed by atoms with E-state index < -0.39 is 17.8 Å². The smallest absolute Gasteiger partial charge is 0.324 e. The summed E-state index contributed by atoms with van der Waals surface area (Å²) in [6.07, 6.45) is -0.501. The van der Waals surface area contributed by atoms with E-state index in [4.69, 9.17) is 17.3 Å². The molecular weight excluding hydrogens is 263 g/mol. The summed E-state index contributed by atoms with van der Waals surface area (Å²) in [5.74, 6) is 0.146. The van der Waals surface area contributed by atoms with Gasteiger partial charge in [-0.2, -0.15) is 13.2 Å². The molecule has 1 aliphatic rings. The Bertz CT molecular complexity index is 425. The molecule has 1 nitrogen and oxygen atoms in total. The molecule has 2 N–H and O–H groups in total. The maximum absolute atomic E-state index is 13.0. The van der Waals surface area contributed by atoms with Crippen molar-refractivity contribution in [1.29, 1.82) is 0 Å². The molecule has 0 radical (unpaired) electrons. The van der Waals surface area contributed by atoms with Gasteiger partial charge in [-0.1, -0.05) is 30.5 Å². The third kappa shape index (κ3) is 2.81. The predicted molar refractivity (Wildman–Crippen MR) is 65.3 cm³/mol. The first-order valence-corrected chi connectivity index (χ1v) is 6.39. The Labute approximate surface area is 109 Å². The number of hydrogen-bond acceptors (Lipinski definition) is 1. The molecule has 1 aromatic rings. The molecule has 1 saturated carbocycles. The summed E-state index contributed by atoms with van der Waals surface area (Å²) in [6.45, 7) is 0. The van der Waals surface area contributed by atoms with Gasteiger partial charge in [0.1, 0.15) is 0 Å². The molecule has 0 heterocycles. The van der Waals surface area contributed by atoms with E-state index in [1.165, 1.54) is 12.1 Å². The summed E-state index contributed by atoms with van der Waals surface area (Å²) in [6, 6.07) is 3.29. The summed E-state index contributed by atoms with van der Waals surface area (Å²) >= 11 is 5.65. The summed E-state index contributed by atoms with van der Waals surface area (Å²) < 4.78 is 38.9. The van der Waals surface area contributed by atoms with Gasteiger partial charge in [-0.05, 0) is 36.5 Å². The quantitative estimate of drug-likeness (QED) is 0.843. The van der Waals surface area contributed by atoms with Crippen LogP contribution in [0.1, 0.15) is 42.9 Å². The van der Waals surface area contributed by atoms with Gasteiger partial charge in [0.25, 0.3) is 0 Å². The van der Waals surface area contributed by atoms with Crippen molar-refractivity contribution >= 4 is 11.6 Å². The Morgan fingerprint density at radius 2 is 1.83 bits per heavy atom. The van der Waals surface area contributed by atoms with Gasteiger partial charge in [-0.15, -0.1) is 0 Å². The van der Waals surface area contributed by atoms with Crippen LogP contribution in [0.5, 0.6) is 0 Å². The molecule has 0 spiro atoms. The average Bonchev–Trinajstić information content (AvgIpc) is 2.80. The van der Waals surface area contributed by atoms with Crippen LogP contribution in [-0.4, -0.2) is 0 Å². The molecule has 5 heteroatoms. The molecule has 0 unspecified atom stereocenters. The molecule has 1 atom stereocenters. The Kier molecular flexibility index (Phi) is 3.87. The van der Waals surface area contributed by atoms with Crippen LogP contribution in [0, 0.1) is 5.92 Å². The maximum atomic E-state index is 13.0. The summed E-state index contributed by atoms with van der Waals surface area (Å²) in [7, 11) is 0. The molecule has 0 bridgehead atoms. The van der Waals surface area contributed by atoms with Crippen LogP contribution in [0.4, 0.5) is 13.2 Å². The van der Waals surface area contributed by atoms with Crippen LogP contribution in [-0.2, 0) is 6.18 Å². The van der Waals surface area contributed by atoms with Crippen molar-refractivity contribution in [3.8, 4) is 0 Å². The van der Waals surface area contributed by atoms with E-state index in [0.717, 1.165) is 31.7 Å². The molecule has 1 aliphatic carbocycles. The lowest BCUT2D eigenvalue weighted by molar-refractivity contribution is -0.138. The van der Waals surface area contributed by atoms with Gasteiger partial charge in [0.15, 0.2) is 0 Å². The number of alkyl halides is 3. The fourth-order valence-corrected chi connectivity index (χ4v) is 2.81. The topological polar surface area (TPSA) is 26.0 Å². The number of nitrogens with two attached hydrogens (primary N) is 1. The molecule has 100 valence electrons. The second-order valence-electron chi connectivity index (χ2n) is 4.80. The van der Waals surface area contributed by atoms with E-state index in [0.29, 0.717) is 0 Å². The summed E-state index contributed by atoms with van der Waals surface area (Å²) in [5, 5.41) is 0.0877. The molecule has 2 rings (SSSR count). The largest absolute Gasteiger partial charge is 0.416 e. The van der Waals surface area contributed by atoms with Crippen molar-refractivity contribution in [2.75, 3.05) is 0 Å². The van der Waals surface area contributed by atoms with Gasteiger partial charge < -0.3 is 5.73 Å². The standard InChI is InChI=1S/C13H15ClF3N/c14-9-5-6-10(11(7-9)13(15,16)17)12(18)8-3-1-2-4-8/h5-8,12H,1-4,18H2/t12-/m1/s1. The minimum absolute atomic E-state index is 0.0877. The second kappa shape index (κ2) is 5.10. The van der Waals surface area contributed by atoms with E-state index in [9.17, 15) is 13.2 Å². The van der Waals surface area contributed by atoms with Crippen LogP contribution in [0.25, 0.3) is 0 Å². The lowest BCUT2D eigenvalue weighted by Gasteiger charge is -2.23. The first-order valence-electron chi connectivity index (χ1n) is 6.02. The lowest BCUT2D eigenvalue weighted by atomic mass is 9.89. The van der Waals surface area contributed by atoms with Crippen molar-refractivity contribution in [2.24, 2.45) is 11.7 Å². The molecule has 0 aromatic heterocycles. The van der Waals surface area contributed by atoms with E-state index in [1.54, 1.807) is 0 Å². The third-order valence-electron chi connectivity index (χ3n) is 3.59. The van der Waals surface area contributed by atoms with Crippen molar-refractivity contribution in [1.82, 2.24) is 0 Å². The number of halogens is 4. The zero-order chi connectivity index (χ0) is 13.3. The highest BCUT2D eigenvalue weighted by atomic mass is 35.5. The monoisotopic (exact) mass is 277 g/mol. The average molecular weight is 278 g/mol. The second-order valence-corrected chi connectivity index (χ2v) is 5.24. The highest BCUT2D eigenvalue weighted by Gasteiger charge is 2.36. The minimum Gasteiger partial charge on any atom is -0.324 e. The van der Waals surface area contributed by atoms with Crippen LogP contribution in [0.15, 0.2) is 18.2 Å². The zero-order valence-electron chi connectivity index (χ0n) is 9.80. The Balaban J connectivity index is 2.37. The molecule has 18 heavy (non-hydrogen) atoms. The molecule has 0 aliphatic heterocycles. The van der Waals surface area contributed by atoms with Crippen molar-refractivity contribution in [3.63, 3.8) is 0 Å². The molecule has 0 amide bonds. The van der Waals surface area contributed by atoms with Gasteiger partial charge >= 0.3 is 6.18 Å². The van der Waals surface area contributed by atoms with Gasteiger partial charge in [-0.3, -0.25) is 0 Å². The third-order valence-corrected chi connectivity index (χ3v) is 3.82. The van der Waals surface area contributed by atoms with Gasteiger partial charge in [0, 0.05) is 11.1 Å². The molecule has 0 saturated heterocycles. The Morgan fingerprint density at radius 1 is 1.22 bits per heavy atom. The van der Waals surface area contributed by atoms with E-state index in [-0.39, 0.29) is 16.5 Å². The van der Waals surface area contributed by atoms with Crippen LogP contribution in [0.3, 0.4) is 0 Å². The van der Waals surface area contributed by atoms with E-state index in [2.05, 4.69) is 0 Å². The Morgan fingerprint density at radius 3 is 2.39 bits per heavy atom. The highest BCUT2D eigenvalue weighted by Crippen LogP contribution is 2.40. The fourth-order valence-electron chi connectivity index (χ4n) is 2.64. The lowest BCUT2D eigenvalue weighted by Crippen LogP contribution is -2.23. The molecule has 1 fully saturated rings. The number of benzene rings is 1. The van der Waals surface area contributed by atoms with E-state index in [1.807, 2.05) is 0 Å². The summed E-state index contributed by atoms with van der Waals surface area (Å²) in [5.41, 5.74) is 5.47. The first kappa shape index (κ1) is 13.7.